The molecule has 0 amide bonds. The summed E-state index contributed by atoms with van der Waals surface area (Å²) in [6, 6.07) is 0. The zero-order valence-corrected chi connectivity index (χ0v) is 8.60. The lowest BCUT2D eigenvalue weighted by Gasteiger charge is -2.15. The van der Waals surface area contributed by atoms with Crippen molar-refractivity contribution in [1.82, 2.24) is 0 Å². The Morgan fingerprint density at radius 3 is 2.33 bits per heavy atom. The minimum atomic E-state index is 0.687. The fourth-order valence-corrected chi connectivity index (χ4v) is 1.48. The number of hydrogen-bond acceptors (Lipinski definition) is 0. The molecule has 0 aromatic heterocycles. The molecule has 0 saturated heterocycles. The van der Waals surface area contributed by atoms with E-state index in [0.29, 0.717) is 5.92 Å². The largest absolute Gasteiger partial charge is 0.0988 e. The standard InChI is InChI=1S/C12H22/c1-5-8-10-12(9-6-2)11(4)7-3/h7,12H,3-6,8-10H2,1-2H3. The Balaban J connectivity index is 3.84. The summed E-state index contributed by atoms with van der Waals surface area (Å²) in [5.74, 6) is 0.687. The molecule has 0 aromatic carbocycles. The molecule has 0 aromatic rings. The average Bonchev–Trinajstić information content (AvgIpc) is 2.11. The van der Waals surface area contributed by atoms with E-state index in [2.05, 4.69) is 27.0 Å². The molecule has 0 bridgehead atoms. The lowest BCUT2D eigenvalue weighted by molar-refractivity contribution is 0.497. The van der Waals surface area contributed by atoms with E-state index < -0.39 is 0 Å². The van der Waals surface area contributed by atoms with Crippen LogP contribution in [0.1, 0.15) is 46.0 Å². The van der Waals surface area contributed by atoms with Crippen LogP contribution in [0.5, 0.6) is 0 Å². The predicted molar refractivity (Wildman–Crippen MR) is 57.3 cm³/mol. The van der Waals surface area contributed by atoms with Gasteiger partial charge in [-0.25, -0.2) is 0 Å². The van der Waals surface area contributed by atoms with Gasteiger partial charge in [-0.2, -0.15) is 0 Å². The summed E-state index contributed by atoms with van der Waals surface area (Å²) in [6.07, 6.45) is 8.32. The first-order valence-electron chi connectivity index (χ1n) is 5.07. The molecule has 12 heavy (non-hydrogen) atoms. The van der Waals surface area contributed by atoms with E-state index in [9.17, 15) is 0 Å². The number of allylic oxidation sites excluding steroid dienone is 2. The van der Waals surface area contributed by atoms with Gasteiger partial charge in [0.05, 0.1) is 0 Å². The zero-order chi connectivity index (χ0) is 9.40. The highest BCUT2D eigenvalue weighted by Crippen LogP contribution is 2.22. The van der Waals surface area contributed by atoms with Crippen molar-refractivity contribution in [2.75, 3.05) is 0 Å². The lowest BCUT2D eigenvalue weighted by atomic mass is 9.90. The second-order valence-electron chi connectivity index (χ2n) is 3.41. The van der Waals surface area contributed by atoms with Crippen LogP contribution in [-0.2, 0) is 0 Å². The third-order valence-corrected chi connectivity index (χ3v) is 2.33. The molecule has 1 unspecified atom stereocenters. The highest BCUT2D eigenvalue weighted by atomic mass is 14.1. The van der Waals surface area contributed by atoms with Gasteiger partial charge in [-0.15, -0.1) is 0 Å². The third-order valence-electron chi connectivity index (χ3n) is 2.33. The molecule has 0 fully saturated rings. The van der Waals surface area contributed by atoms with E-state index in [1.54, 1.807) is 0 Å². The first-order chi connectivity index (χ1) is 5.76. The molecular weight excluding hydrogens is 144 g/mol. The van der Waals surface area contributed by atoms with Gasteiger partial charge in [0, 0.05) is 0 Å². The van der Waals surface area contributed by atoms with Gasteiger partial charge in [0.15, 0.2) is 0 Å². The molecule has 0 heterocycles. The van der Waals surface area contributed by atoms with Gasteiger partial charge >= 0.3 is 0 Å². The molecule has 1 atom stereocenters. The maximum Gasteiger partial charge on any atom is -0.0168 e. The summed E-state index contributed by atoms with van der Waals surface area (Å²) in [6.45, 7) is 12.3. The van der Waals surface area contributed by atoms with Gasteiger partial charge in [-0.1, -0.05) is 57.9 Å². The monoisotopic (exact) mass is 166 g/mol. The average molecular weight is 166 g/mol. The maximum atomic E-state index is 4.03. The highest BCUT2D eigenvalue weighted by molar-refractivity contribution is 5.14. The Kier molecular flexibility index (Phi) is 6.84. The van der Waals surface area contributed by atoms with E-state index in [1.807, 2.05) is 6.08 Å². The number of rotatable bonds is 7. The van der Waals surface area contributed by atoms with E-state index in [-0.39, 0.29) is 0 Å². The normalized spacial score (nSPS) is 12.5. The van der Waals surface area contributed by atoms with Crippen molar-refractivity contribution >= 4 is 0 Å². The summed E-state index contributed by atoms with van der Waals surface area (Å²) in [5.41, 5.74) is 1.23. The van der Waals surface area contributed by atoms with E-state index >= 15 is 0 Å². The van der Waals surface area contributed by atoms with Crippen molar-refractivity contribution in [1.29, 1.82) is 0 Å². The van der Waals surface area contributed by atoms with Crippen LogP contribution in [0.4, 0.5) is 0 Å². The minimum absolute atomic E-state index is 0.687. The summed E-state index contributed by atoms with van der Waals surface area (Å²) >= 11 is 0. The quantitative estimate of drug-likeness (QED) is 0.494. The van der Waals surface area contributed by atoms with Crippen LogP contribution in [0.3, 0.4) is 0 Å². The molecule has 0 nitrogen and oxygen atoms in total. The second kappa shape index (κ2) is 7.15. The minimum Gasteiger partial charge on any atom is -0.0988 e. The zero-order valence-electron chi connectivity index (χ0n) is 8.60. The molecule has 0 spiro atoms. The molecule has 0 N–H and O–H groups in total. The van der Waals surface area contributed by atoms with E-state index in [1.165, 1.54) is 37.7 Å². The summed E-state index contributed by atoms with van der Waals surface area (Å²) in [4.78, 5) is 0. The van der Waals surface area contributed by atoms with Crippen LogP contribution in [-0.4, -0.2) is 0 Å². The second-order valence-corrected chi connectivity index (χ2v) is 3.41. The summed E-state index contributed by atoms with van der Waals surface area (Å²) in [5, 5.41) is 0. The molecule has 0 radical (unpaired) electrons. The first-order valence-corrected chi connectivity index (χ1v) is 5.07. The maximum absolute atomic E-state index is 4.03. The molecule has 0 aliphatic heterocycles. The smallest absolute Gasteiger partial charge is 0.0168 e. The van der Waals surface area contributed by atoms with E-state index in [0.717, 1.165) is 0 Å². The van der Waals surface area contributed by atoms with Crippen LogP contribution in [0, 0.1) is 5.92 Å². The molecule has 0 heteroatoms. The molecule has 0 saturated carbocycles. The van der Waals surface area contributed by atoms with Crippen LogP contribution in [0.25, 0.3) is 0 Å². The van der Waals surface area contributed by atoms with Gasteiger partial charge < -0.3 is 0 Å². The topological polar surface area (TPSA) is 0 Å². The van der Waals surface area contributed by atoms with Crippen molar-refractivity contribution < 1.29 is 0 Å². The SMILES string of the molecule is C=CC(=C)C(CCC)CCCC. The van der Waals surface area contributed by atoms with Crippen molar-refractivity contribution in [3.05, 3.63) is 24.8 Å². The Labute approximate surface area is 77.4 Å². The van der Waals surface area contributed by atoms with Crippen LogP contribution in [0.15, 0.2) is 24.8 Å². The van der Waals surface area contributed by atoms with E-state index in [4.69, 9.17) is 0 Å². The Morgan fingerprint density at radius 2 is 1.92 bits per heavy atom. The van der Waals surface area contributed by atoms with Gasteiger partial charge in [0.25, 0.3) is 0 Å². The van der Waals surface area contributed by atoms with Gasteiger partial charge in [0.2, 0.25) is 0 Å². The van der Waals surface area contributed by atoms with Crippen molar-refractivity contribution in [3.8, 4) is 0 Å². The fraction of sp³-hybridized carbons (Fsp3) is 0.667. The van der Waals surface area contributed by atoms with Crippen LogP contribution >= 0.6 is 0 Å². The van der Waals surface area contributed by atoms with Crippen molar-refractivity contribution in [3.63, 3.8) is 0 Å². The van der Waals surface area contributed by atoms with Crippen LogP contribution < -0.4 is 0 Å². The molecule has 0 aliphatic rings. The molecule has 0 rings (SSSR count). The Bertz CT molecular complexity index is 133. The van der Waals surface area contributed by atoms with Gasteiger partial charge in [0.1, 0.15) is 0 Å². The first kappa shape index (κ1) is 11.5. The summed E-state index contributed by atoms with van der Waals surface area (Å²) < 4.78 is 0. The van der Waals surface area contributed by atoms with Gasteiger partial charge in [-0.3, -0.25) is 0 Å². The Morgan fingerprint density at radius 1 is 1.25 bits per heavy atom. The van der Waals surface area contributed by atoms with Crippen molar-refractivity contribution in [2.45, 2.75) is 46.0 Å². The highest BCUT2D eigenvalue weighted by Gasteiger charge is 2.07. The third kappa shape index (κ3) is 4.38. The van der Waals surface area contributed by atoms with Gasteiger partial charge in [-0.05, 0) is 18.8 Å². The molecule has 0 aliphatic carbocycles. The number of hydrogen-bond donors (Lipinski definition) is 0. The van der Waals surface area contributed by atoms with Crippen molar-refractivity contribution in [2.24, 2.45) is 5.92 Å². The fourth-order valence-electron chi connectivity index (χ4n) is 1.48. The number of unbranched alkanes of at least 4 members (excludes halogenated alkanes) is 1. The molecule has 70 valence electrons. The lowest BCUT2D eigenvalue weighted by Crippen LogP contribution is -2.01. The summed E-state index contributed by atoms with van der Waals surface area (Å²) in [7, 11) is 0. The molecular formula is C12H22. The van der Waals surface area contributed by atoms with Crippen LogP contribution in [0.2, 0.25) is 0 Å². The predicted octanol–water partition coefficient (Wildman–Crippen LogP) is 4.34. The Hall–Kier alpha value is -0.520.